The Bertz CT molecular complexity index is 104. The van der Waals surface area contributed by atoms with E-state index in [2.05, 4.69) is 5.92 Å². The molecule has 0 bridgehead atoms. The van der Waals surface area contributed by atoms with Crippen molar-refractivity contribution in [2.24, 2.45) is 0 Å². The fraction of sp³-hybridized carbons (Fsp3) is 0.667. The molecule has 0 heterocycles. The van der Waals surface area contributed by atoms with Crippen molar-refractivity contribution >= 4 is 0 Å². The van der Waals surface area contributed by atoms with Gasteiger partial charge < -0.3 is 0 Å². The van der Waals surface area contributed by atoms with Gasteiger partial charge in [0, 0.05) is 6.42 Å². The summed E-state index contributed by atoms with van der Waals surface area (Å²) in [6, 6.07) is 0. The van der Waals surface area contributed by atoms with Crippen LogP contribution in [0.25, 0.3) is 0 Å². The van der Waals surface area contributed by atoms with Crippen LogP contribution in [0.5, 0.6) is 0 Å². The summed E-state index contributed by atoms with van der Waals surface area (Å²) in [4.78, 5) is 0. The first-order valence-electron chi connectivity index (χ1n) is 3.70. The third-order valence-corrected chi connectivity index (χ3v) is 1.70. The van der Waals surface area contributed by atoms with Gasteiger partial charge in [-0.25, -0.2) is 0 Å². The second kappa shape index (κ2) is 3.56. The fourth-order valence-corrected chi connectivity index (χ4v) is 0.940. The minimum Gasteiger partial charge on any atom is -0.120 e. The van der Waals surface area contributed by atoms with Crippen molar-refractivity contribution in [3.05, 3.63) is 5.92 Å². The Balaban J connectivity index is 1.77. The highest BCUT2D eigenvalue weighted by atomic mass is 14.2. The molecule has 1 fully saturated rings. The molecule has 9 heavy (non-hydrogen) atoms. The Labute approximate surface area is 57.7 Å². The average Bonchev–Trinajstić information content (AvgIpc) is 2.63. The molecule has 0 aromatic heterocycles. The molecule has 0 unspecified atom stereocenters. The lowest BCUT2D eigenvalue weighted by atomic mass is 10.1. The molecule has 1 aliphatic carbocycles. The van der Waals surface area contributed by atoms with E-state index in [9.17, 15) is 0 Å². The number of hydrogen-bond donors (Lipinski definition) is 0. The lowest BCUT2D eigenvalue weighted by molar-refractivity contribution is 0.738. The highest BCUT2D eigenvalue weighted by Gasteiger charge is 2.20. The maximum atomic E-state index is 5.10. The summed E-state index contributed by atoms with van der Waals surface area (Å²) in [7, 11) is 0. The molecule has 0 spiro atoms. The molecule has 0 amide bonds. The van der Waals surface area contributed by atoms with E-state index in [1.807, 2.05) is 0 Å². The summed E-state index contributed by atoms with van der Waals surface area (Å²) in [5, 5.41) is 0. The lowest BCUT2D eigenvalue weighted by Gasteiger charge is -1.92. The highest BCUT2D eigenvalue weighted by Crippen LogP contribution is 2.36. The highest BCUT2D eigenvalue weighted by molar-refractivity contribution is 5.04. The van der Waals surface area contributed by atoms with Crippen molar-refractivity contribution in [1.82, 2.24) is 0 Å². The molecule has 0 N–H and O–H groups in total. The Kier molecular flexibility index (Phi) is 2.64. The van der Waals surface area contributed by atoms with E-state index in [0.717, 1.165) is 6.42 Å². The van der Waals surface area contributed by atoms with Crippen molar-refractivity contribution in [3.63, 3.8) is 0 Å². The monoisotopic (exact) mass is 121 g/mol. The molecule has 0 heteroatoms. The summed E-state index contributed by atoms with van der Waals surface area (Å²) in [5.41, 5.74) is 0. The molecular weight excluding hydrogens is 108 g/mol. The van der Waals surface area contributed by atoms with Crippen LogP contribution in [0, 0.1) is 18.3 Å². The minimum atomic E-state index is 0.966. The van der Waals surface area contributed by atoms with Crippen molar-refractivity contribution in [2.45, 2.75) is 38.5 Å². The molecule has 0 aliphatic heterocycles. The van der Waals surface area contributed by atoms with Gasteiger partial charge in [-0.2, -0.15) is 0 Å². The van der Waals surface area contributed by atoms with Gasteiger partial charge in [-0.1, -0.05) is 6.42 Å². The molecular formula is C9H13. The van der Waals surface area contributed by atoms with E-state index in [4.69, 9.17) is 6.42 Å². The van der Waals surface area contributed by atoms with Gasteiger partial charge in [-0.3, -0.25) is 0 Å². The Morgan fingerprint density at radius 3 is 2.67 bits per heavy atom. The Hall–Kier alpha value is -0.440. The summed E-state index contributed by atoms with van der Waals surface area (Å²) >= 11 is 0. The molecule has 0 saturated heterocycles. The van der Waals surface area contributed by atoms with Crippen LogP contribution in [0.1, 0.15) is 38.5 Å². The largest absolute Gasteiger partial charge is 0.120 e. The van der Waals surface area contributed by atoms with Crippen molar-refractivity contribution in [2.75, 3.05) is 0 Å². The molecule has 0 aromatic carbocycles. The van der Waals surface area contributed by atoms with Crippen molar-refractivity contribution < 1.29 is 0 Å². The number of terminal acetylenes is 1. The quantitative estimate of drug-likeness (QED) is 0.396. The van der Waals surface area contributed by atoms with Gasteiger partial charge >= 0.3 is 0 Å². The second-order valence-electron chi connectivity index (χ2n) is 2.66. The number of rotatable bonds is 4. The van der Waals surface area contributed by atoms with Crippen LogP contribution in [0.15, 0.2) is 0 Å². The fourth-order valence-electron chi connectivity index (χ4n) is 0.940. The van der Waals surface area contributed by atoms with Crippen LogP contribution in [0.3, 0.4) is 0 Å². The SMILES string of the molecule is C#CCCCC[C]1CC1. The van der Waals surface area contributed by atoms with Gasteiger partial charge in [0.15, 0.2) is 0 Å². The lowest BCUT2D eigenvalue weighted by Crippen LogP contribution is -1.75. The maximum Gasteiger partial charge on any atom is 0.00860 e. The van der Waals surface area contributed by atoms with Crippen molar-refractivity contribution in [1.29, 1.82) is 0 Å². The molecule has 1 radical (unpaired) electrons. The zero-order chi connectivity index (χ0) is 6.53. The van der Waals surface area contributed by atoms with Crippen LogP contribution < -0.4 is 0 Å². The van der Waals surface area contributed by atoms with Crippen molar-refractivity contribution in [3.8, 4) is 12.3 Å². The summed E-state index contributed by atoms with van der Waals surface area (Å²) < 4.78 is 0. The summed E-state index contributed by atoms with van der Waals surface area (Å²) in [6.07, 6.45) is 12.8. The number of hydrogen-bond acceptors (Lipinski definition) is 0. The molecule has 1 rings (SSSR count). The first kappa shape index (κ1) is 6.68. The molecule has 1 aliphatic rings. The van der Waals surface area contributed by atoms with Crippen LogP contribution in [0.2, 0.25) is 0 Å². The first-order valence-corrected chi connectivity index (χ1v) is 3.70. The Morgan fingerprint density at radius 2 is 2.11 bits per heavy atom. The molecule has 0 aromatic rings. The van der Waals surface area contributed by atoms with Gasteiger partial charge in [0.05, 0.1) is 0 Å². The van der Waals surface area contributed by atoms with Crippen LogP contribution in [0.4, 0.5) is 0 Å². The summed E-state index contributed by atoms with van der Waals surface area (Å²) in [6.45, 7) is 0. The smallest absolute Gasteiger partial charge is 0.00860 e. The van der Waals surface area contributed by atoms with Gasteiger partial charge in [0.2, 0.25) is 0 Å². The maximum absolute atomic E-state index is 5.10. The third-order valence-electron chi connectivity index (χ3n) is 1.70. The van der Waals surface area contributed by atoms with E-state index in [-0.39, 0.29) is 0 Å². The molecule has 49 valence electrons. The first-order chi connectivity index (χ1) is 4.43. The topological polar surface area (TPSA) is 0 Å². The summed E-state index contributed by atoms with van der Waals surface area (Å²) in [5.74, 6) is 4.41. The predicted octanol–water partition coefficient (Wildman–Crippen LogP) is 2.55. The predicted molar refractivity (Wildman–Crippen MR) is 39.8 cm³/mol. The molecule has 0 atom stereocenters. The van der Waals surface area contributed by atoms with Crippen LogP contribution in [-0.4, -0.2) is 0 Å². The normalized spacial score (nSPS) is 17.2. The van der Waals surface area contributed by atoms with E-state index >= 15 is 0 Å². The van der Waals surface area contributed by atoms with Gasteiger partial charge in [0.25, 0.3) is 0 Å². The third kappa shape index (κ3) is 3.19. The van der Waals surface area contributed by atoms with Crippen LogP contribution in [-0.2, 0) is 0 Å². The second-order valence-corrected chi connectivity index (χ2v) is 2.66. The zero-order valence-corrected chi connectivity index (χ0v) is 5.82. The number of unbranched alkanes of at least 4 members (excludes halogenated alkanes) is 2. The van der Waals surface area contributed by atoms with Gasteiger partial charge in [0.1, 0.15) is 0 Å². The van der Waals surface area contributed by atoms with Crippen LogP contribution >= 0.6 is 0 Å². The molecule has 1 saturated carbocycles. The van der Waals surface area contributed by atoms with Gasteiger partial charge in [-0.05, 0) is 31.6 Å². The van der Waals surface area contributed by atoms with E-state index in [1.165, 1.54) is 32.1 Å². The van der Waals surface area contributed by atoms with Gasteiger partial charge in [-0.15, -0.1) is 12.3 Å². The van der Waals surface area contributed by atoms with E-state index in [0.29, 0.717) is 0 Å². The minimum absolute atomic E-state index is 0.966. The van der Waals surface area contributed by atoms with E-state index in [1.54, 1.807) is 5.92 Å². The average molecular weight is 121 g/mol. The van der Waals surface area contributed by atoms with E-state index < -0.39 is 0 Å². The zero-order valence-electron chi connectivity index (χ0n) is 5.82. The Morgan fingerprint density at radius 1 is 1.33 bits per heavy atom. The molecule has 0 nitrogen and oxygen atoms in total. The standard InChI is InChI=1S/C9H13/c1-2-3-4-5-6-9-7-8-9/h1H,3-8H2.